The lowest BCUT2D eigenvalue weighted by Gasteiger charge is -2.30. The third kappa shape index (κ3) is 19.4. The lowest BCUT2D eigenvalue weighted by atomic mass is 9.90. The third-order valence-corrected chi connectivity index (χ3v) is 15.4. The number of H-pyrrole nitrogens is 4. The van der Waals surface area contributed by atoms with Gasteiger partial charge in [-0.3, -0.25) is 24.5 Å². The molecule has 5 aromatic heterocycles. The van der Waals surface area contributed by atoms with E-state index in [1.165, 1.54) is 26.9 Å². The number of pyridine rings is 1. The summed E-state index contributed by atoms with van der Waals surface area (Å²) in [7, 11) is 16.4. The maximum atomic E-state index is 12.2. The van der Waals surface area contributed by atoms with Crippen LogP contribution in [0.3, 0.4) is 0 Å². The number of fused-ring (bicyclic) bond motifs is 8. The van der Waals surface area contributed by atoms with Gasteiger partial charge in [-0.2, -0.15) is 0 Å². The first-order valence-corrected chi connectivity index (χ1v) is 32.2. The van der Waals surface area contributed by atoms with Crippen molar-refractivity contribution in [3.05, 3.63) is 228 Å². The zero-order chi connectivity index (χ0) is 68.1. The Labute approximate surface area is 572 Å². The van der Waals surface area contributed by atoms with Crippen molar-refractivity contribution in [3.63, 3.8) is 0 Å². The number of carbonyl (C=O) groups excluding carboxylic acids is 4. The van der Waals surface area contributed by atoms with Gasteiger partial charge in [0.25, 0.3) is 0 Å². The fourth-order valence-corrected chi connectivity index (χ4v) is 10.7. The van der Waals surface area contributed by atoms with Crippen LogP contribution in [0, 0.1) is 0 Å². The standard InChI is InChI=1S/C20H20N2O3.C20H16N2O3.C12H14N2O2.C11H12N2O2.C8H8O2.2CH4.Cl2OS/c2*1-24-13-9-7-12(8-10-13)18-19-15(11-17(22-18)20(23)25-2)14-5-3-4-6-16(14)21-19;1-16-12(15)10(13)6-8-7-14-11-5-3-2-4-9(8)11;12-9(11(14)15)5-7-6-13-10-4-2-1-3-8(7)10;1-10-8-4-2-7(6-9)3-5-8;;;1-4(2)3/h3-10,17-18,21-22H,11H2,1-2H3;3-11,21H,1-2H3;2-5,7,10,14H,6,13H2,1H3;1-4,6,9,13H,5,12H2,(H,14,15);2-6H,1H3;2*1H4;/t17-,18?;;10-;9-;;;;/m0.00..../s1. The highest BCUT2D eigenvalue weighted by Crippen LogP contribution is 2.37. The maximum absolute atomic E-state index is 12.2. The van der Waals surface area contributed by atoms with E-state index in [2.05, 4.69) is 68.5 Å². The summed E-state index contributed by atoms with van der Waals surface area (Å²) in [4.78, 5) is 74.0. The van der Waals surface area contributed by atoms with Crippen LogP contribution >= 0.6 is 21.4 Å². The summed E-state index contributed by atoms with van der Waals surface area (Å²) in [6.07, 6.45) is 5.94. The van der Waals surface area contributed by atoms with Crippen molar-refractivity contribution in [2.75, 3.05) is 42.7 Å². The summed E-state index contributed by atoms with van der Waals surface area (Å²) >= 11 is 0. The summed E-state index contributed by atoms with van der Waals surface area (Å²) in [6.45, 7) is 0. The van der Waals surface area contributed by atoms with Crippen LogP contribution in [0.4, 0.5) is 0 Å². The van der Waals surface area contributed by atoms with Crippen LogP contribution in [0.15, 0.2) is 188 Å². The quantitative estimate of drug-likeness (QED) is 0.0217. The molecule has 13 rings (SSSR count). The molecule has 97 heavy (non-hydrogen) atoms. The van der Waals surface area contributed by atoms with Crippen molar-refractivity contribution in [1.29, 1.82) is 0 Å². The van der Waals surface area contributed by atoms with Gasteiger partial charge in [0.2, 0.25) is 9.23 Å². The molecule has 0 spiro atoms. The fraction of sp³-hybridized carbons (Fsp3) is 0.205. The van der Waals surface area contributed by atoms with E-state index in [4.69, 9.17) is 44.5 Å². The second kappa shape index (κ2) is 36.5. The molecule has 21 nitrogen and oxygen atoms in total. The zero-order valence-corrected chi connectivity index (χ0v) is 54.8. The van der Waals surface area contributed by atoms with Gasteiger partial charge in [0.15, 0.2) is 0 Å². The first-order valence-electron chi connectivity index (χ1n) is 29.4. The summed E-state index contributed by atoms with van der Waals surface area (Å²) in [5.41, 5.74) is 24.1. The minimum Gasteiger partial charge on any atom is -0.497 e. The Morgan fingerprint density at radius 2 is 1.06 bits per heavy atom. The van der Waals surface area contributed by atoms with Gasteiger partial charge < -0.3 is 64.9 Å². The van der Waals surface area contributed by atoms with Crippen molar-refractivity contribution in [2.24, 2.45) is 11.5 Å². The molecule has 0 bridgehead atoms. The number of aromatic nitrogens is 5. The van der Waals surface area contributed by atoms with Gasteiger partial charge in [-0.15, -0.1) is 0 Å². The Bertz CT molecular complexity index is 4590. The summed E-state index contributed by atoms with van der Waals surface area (Å²) in [6, 6.07) is 54.1. The largest absolute Gasteiger partial charge is 0.497 e. The van der Waals surface area contributed by atoms with Crippen LogP contribution in [0.2, 0.25) is 0 Å². The highest BCUT2D eigenvalue weighted by molar-refractivity contribution is 8.26. The number of hydrogen-bond acceptors (Lipinski definition) is 16. The van der Waals surface area contributed by atoms with E-state index in [0.29, 0.717) is 30.5 Å². The average molecular weight is 1380 g/mol. The Morgan fingerprint density at radius 1 is 0.598 bits per heavy atom. The number of halogens is 2. The number of aldehydes is 1. The van der Waals surface area contributed by atoms with Crippen molar-refractivity contribution in [3.8, 4) is 28.5 Å². The van der Waals surface area contributed by atoms with Crippen LogP contribution < -0.4 is 31.0 Å². The van der Waals surface area contributed by atoms with Gasteiger partial charge in [0, 0.05) is 119 Å². The third-order valence-electron chi connectivity index (χ3n) is 15.4. The molecule has 0 amide bonds. The number of carboxylic acid groups (broad SMARTS) is 1. The number of aromatic amines is 4. The molecule has 1 aliphatic rings. The average Bonchev–Trinajstić information content (AvgIpc) is 1.64. The molecule has 0 radical (unpaired) electrons. The number of para-hydroxylation sites is 4. The Hall–Kier alpha value is -10.3. The van der Waals surface area contributed by atoms with Crippen LogP contribution in [0.25, 0.3) is 65.8 Å². The SMILES string of the molecule is C.C.COC(=O)[C@@H](N)Cc1c[nH]c2ccccc12.COC(=O)[C@@H]1Cc2c([nH]c3ccccc23)C(c2ccc(OC)cc2)N1.COC(=O)c1cc2c([nH]c3ccccc32)c(-c2ccc(OC)cc2)n1.COc1ccc(C=O)cc1.N[C@@H](Cc1c[nH]c2ccccc12)C(=O)O.O=S(Cl)Cl. The van der Waals surface area contributed by atoms with Crippen molar-refractivity contribution >= 4 is 115 Å². The molecule has 0 saturated heterocycles. The van der Waals surface area contributed by atoms with Crippen LogP contribution in [0.1, 0.15) is 69.7 Å². The molecule has 0 saturated carbocycles. The molecule has 1 unspecified atom stereocenters. The van der Waals surface area contributed by atoms with Gasteiger partial charge in [0.1, 0.15) is 47.4 Å². The van der Waals surface area contributed by atoms with Crippen molar-refractivity contribution < 1.29 is 61.7 Å². The number of nitrogens with one attached hydrogen (secondary N) is 5. The van der Waals surface area contributed by atoms with E-state index in [1.807, 2.05) is 146 Å². The summed E-state index contributed by atoms with van der Waals surface area (Å²) < 4.78 is 38.9. The van der Waals surface area contributed by atoms with Gasteiger partial charge in [-0.25, -0.2) is 14.0 Å². The number of methoxy groups -OCH3 is 6. The molecular weight excluding hydrogens is 1300 g/mol. The van der Waals surface area contributed by atoms with E-state index in [1.54, 1.807) is 51.7 Å². The highest BCUT2D eigenvalue weighted by Gasteiger charge is 2.34. The molecule has 24 heteroatoms. The first kappa shape index (κ1) is 75.7. The molecule has 6 heterocycles. The lowest BCUT2D eigenvalue weighted by molar-refractivity contribution is -0.143. The Balaban J connectivity index is 0.000000194. The highest BCUT2D eigenvalue weighted by atomic mass is 36.0. The van der Waals surface area contributed by atoms with E-state index < -0.39 is 33.2 Å². The molecule has 0 fully saturated rings. The van der Waals surface area contributed by atoms with Gasteiger partial charge >= 0.3 is 23.9 Å². The van der Waals surface area contributed by atoms with E-state index >= 15 is 0 Å². The first-order chi connectivity index (χ1) is 45.9. The Kier molecular flexibility index (Phi) is 28.5. The number of carbonyl (C=O) groups is 5. The molecule has 12 aromatic rings. The number of carboxylic acids is 1. The minimum atomic E-state index is -1.67. The molecule has 1 aliphatic heterocycles. The monoisotopic (exact) mass is 1380 g/mol. The van der Waals surface area contributed by atoms with E-state index in [9.17, 15) is 24.0 Å². The van der Waals surface area contributed by atoms with Crippen LogP contribution in [-0.4, -0.2) is 125 Å². The number of esters is 3. The topological polar surface area (TPSA) is 318 Å². The van der Waals surface area contributed by atoms with Gasteiger partial charge in [-0.1, -0.05) is 99.8 Å². The van der Waals surface area contributed by atoms with E-state index in [0.717, 1.165) is 106 Å². The van der Waals surface area contributed by atoms with Crippen LogP contribution in [-0.2, 0) is 57.1 Å². The summed E-state index contributed by atoms with van der Waals surface area (Å²) in [5, 5.41) is 17.4. The predicted molar refractivity (Wildman–Crippen MR) is 384 cm³/mol. The number of aliphatic carboxylic acids is 1. The summed E-state index contributed by atoms with van der Waals surface area (Å²) in [5.74, 6) is 0.286. The molecule has 4 atom stereocenters. The molecular formula is C73H78Cl2N8O13S. The second-order valence-electron chi connectivity index (χ2n) is 21.2. The number of nitrogens with zero attached hydrogens (tertiary/aromatic N) is 1. The molecule has 7 aromatic carbocycles. The van der Waals surface area contributed by atoms with Crippen molar-refractivity contribution in [1.82, 2.24) is 30.2 Å². The molecule has 0 aliphatic carbocycles. The zero-order valence-electron chi connectivity index (χ0n) is 52.5. The number of hydrogen-bond donors (Lipinski definition) is 8. The van der Waals surface area contributed by atoms with Crippen molar-refractivity contribution in [2.45, 2.75) is 58.3 Å². The lowest BCUT2D eigenvalue weighted by Crippen LogP contribution is -2.45. The van der Waals surface area contributed by atoms with Gasteiger partial charge in [-0.05, 0) is 113 Å². The predicted octanol–water partition coefficient (Wildman–Crippen LogP) is 13.3. The fourth-order valence-electron chi connectivity index (χ4n) is 10.7. The second-order valence-corrected chi connectivity index (χ2v) is 23.7. The minimum absolute atomic E-state index is 0. The van der Waals surface area contributed by atoms with Crippen LogP contribution in [0.5, 0.6) is 17.2 Å². The van der Waals surface area contributed by atoms with Gasteiger partial charge in [0.05, 0.1) is 59.9 Å². The molecule has 10 N–H and O–H groups in total. The number of nitrogens with two attached hydrogens (primary N) is 2. The molecule has 508 valence electrons. The Morgan fingerprint density at radius 3 is 1.55 bits per heavy atom. The smallest absolute Gasteiger partial charge is 0.356 e. The number of rotatable bonds is 14. The normalized spacial score (nSPS) is 13.2. The number of ether oxygens (including phenoxy) is 6. The van der Waals surface area contributed by atoms with E-state index in [-0.39, 0.29) is 44.6 Å². The maximum Gasteiger partial charge on any atom is 0.356 e. The number of benzene rings is 7.